The van der Waals surface area contributed by atoms with Crippen molar-refractivity contribution in [3.8, 4) is 22.8 Å². The molecule has 6 rings (SSSR count). The number of hydrogen-bond acceptors (Lipinski definition) is 9. The lowest BCUT2D eigenvalue weighted by atomic mass is 9.71. The molecule has 0 bridgehead atoms. The molecular weight excluding hydrogens is 641 g/mol. The van der Waals surface area contributed by atoms with Crippen molar-refractivity contribution in [2.75, 3.05) is 43.9 Å². The van der Waals surface area contributed by atoms with Gasteiger partial charge < -0.3 is 35.4 Å². The third-order valence-corrected chi connectivity index (χ3v) is 10.2. The lowest BCUT2D eigenvalue weighted by Gasteiger charge is -2.43. The van der Waals surface area contributed by atoms with E-state index in [9.17, 15) is 27.9 Å². The zero-order valence-electron chi connectivity index (χ0n) is 27.5. The van der Waals surface area contributed by atoms with E-state index in [1.165, 1.54) is 25.3 Å². The van der Waals surface area contributed by atoms with Crippen LogP contribution in [0.4, 0.5) is 24.9 Å². The maximum Gasteiger partial charge on any atom is 0.429 e. The number of nitrogens with one attached hydrogen (secondary N) is 1. The predicted octanol–water partition coefficient (Wildman–Crippen LogP) is 5.46. The zero-order chi connectivity index (χ0) is 34.9. The molecule has 262 valence electrons. The van der Waals surface area contributed by atoms with Gasteiger partial charge in [-0.2, -0.15) is 23.1 Å². The van der Waals surface area contributed by atoms with Gasteiger partial charge in [-0.3, -0.25) is 9.59 Å². The number of carboxylic acids is 1. The first-order valence-corrected chi connectivity index (χ1v) is 16.6. The number of amides is 1. The smallest absolute Gasteiger partial charge is 0.429 e. The van der Waals surface area contributed by atoms with Crippen molar-refractivity contribution in [1.29, 1.82) is 0 Å². The quantitative estimate of drug-likeness (QED) is 0.266. The first-order valence-electron chi connectivity index (χ1n) is 16.6. The fraction of sp³-hybridized carbons (Fsp3) is 0.486. The minimum Gasteiger partial charge on any atom is -0.496 e. The Hall–Kier alpha value is -4.59. The maximum absolute atomic E-state index is 14.4. The number of likely N-dealkylation sites (tertiary alicyclic amines) is 1. The molecule has 0 saturated carbocycles. The number of benzene rings is 2. The molecule has 1 spiro atoms. The molecule has 1 aromatic heterocycles. The van der Waals surface area contributed by atoms with Crippen LogP contribution in [0.15, 0.2) is 48.5 Å². The summed E-state index contributed by atoms with van der Waals surface area (Å²) in [6, 6.07) is 11.8. The molecule has 2 aromatic carbocycles. The van der Waals surface area contributed by atoms with Crippen LogP contribution in [0.5, 0.6) is 11.6 Å². The normalized spacial score (nSPS) is 21.2. The van der Waals surface area contributed by atoms with Crippen LogP contribution >= 0.6 is 0 Å². The third kappa shape index (κ3) is 7.10. The molecule has 3 atom stereocenters. The van der Waals surface area contributed by atoms with Crippen molar-refractivity contribution in [2.45, 2.75) is 69.8 Å². The molecule has 1 amide bonds. The van der Waals surface area contributed by atoms with Crippen LogP contribution in [0.3, 0.4) is 0 Å². The van der Waals surface area contributed by atoms with E-state index < -0.39 is 24.3 Å². The summed E-state index contributed by atoms with van der Waals surface area (Å²) in [6.07, 6.45) is -2.47. The molecule has 2 unspecified atom stereocenters. The van der Waals surface area contributed by atoms with Crippen LogP contribution in [0, 0.1) is 5.41 Å². The van der Waals surface area contributed by atoms with Crippen molar-refractivity contribution < 1.29 is 37.3 Å². The summed E-state index contributed by atoms with van der Waals surface area (Å²) >= 11 is 0. The molecule has 49 heavy (non-hydrogen) atoms. The number of carbonyl (C=O) groups excluding carboxylic acids is 1. The number of hydrogen-bond donors (Lipinski definition) is 3. The second-order valence-corrected chi connectivity index (χ2v) is 13.1. The van der Waals surface area contributed by atoms with Gasteiger partial charge in [-0.1, -0.05) is 37.3 Å². The van der Waals surface area contributed by atoms with E-state index in [4.69, 9.17) is 15.2 Å². The van der Waals surface area contributed by atoms with E-state index in [1.54, 1.807) is 35.2 Å². The molecule has 11 nitrogen and oxygen atoms in total. The van der Waals surface area contributed by atoms with Gasteiger partial charge in [0.2, 0.25) is 17.9 Å². The fourth-order valence-electron chi connectivity index (χ4n) is 7.56. The summed E-state index contributed by atoms with van der Waals surface area (Å²) in [5.74, 6) is -0.753. The first-order chi connectivity index (χ1) is 23.4. The number of aliphatic carboxylic acids is 1. The Bertz CT molecular complexity index is 1670. The summed E-state index contributed by atoms with van der Waals surface area (Å²) in [4.78, 5) is 36.6. The van der Waals surface area contributed by atoms with Gasteiger partial charge in [0, 0.05) is 43.9 Å². The number of nitrogen functional groups attached to an aromatic ring is 1. The van der Waals surface area contributed by atoms with E-state index in [0.29, 0.717) is 73.7 Å². The first kappa shape index (κ1) is 34.3. The van der Waals surface area contributed by atoms with E-state index in [2.05, 4.69) is 15.3 Å². The van der Waals surface area contributed by atoms with Crippen LogP contribution in [0.1, 0.15) is 67.5 Å². The number of nitrogens with two attached hydrogens (primary N) is 1. The number of carbonyl (C=O) groups is 2. The monoisotopic (exact) mass is 682 g/mol. The molecule has 0 aliphatic carbocycles. The second kappa shape index (κ2) is 13.7. The third-order valence-electron chi connectivity index (χ3n) is 10.2. The number of halogens is 3. The van der Waals surface area contributed by atoms with Gasteiger partial charge in [-0.05, 0) is 67.2 Å². The highest BCUT2D eigenvalue weighted by Gasteiger charge is 2.50. The Morgan fingerprint density at radius 2 is 1.71 bits per heavy atom. The highest BCUT2D eigenvalue weighted by atomic mass is 19.4. The molecule has 4 heterocycles. The molecule has 3 saturated heterocycles. The number of nitrogens with zero attached hydrogens (tertiary/aromatic N) is 4. The van der Waals surface area contributed by atoms with Crippen molar-refractivity contribution in [3.05, 3.63) is 59.7 Å². The van der Waals surface area contributed by atoms with Gasteiger partial charge in [0.1, 0.15) is 17.6 Å². The number of ether oxygens (including phenoxy) is 2. The predicted molar refractivity (Wildman–Crippen MR) is 177 cm³/mol. The number of carboxylic acid groups (broad SMARTS) is 1. The Balaban J connectivity index is 1.18. The molecular formula is C35H41F3N6O5. The van der Waals surface area contributed by atoms with E-state index in [0.717, 1.165) is 19.3 Å². The minimum atomic E-state index is -4.77. The van der Waals surface area contributed by atoms with Crippen LogP contribution < -0.4 is 25.4 Å². The Morgan fingerprint density at radius 1 is 1.04 bits per heavy atom. The van der Waals surface area contributed by atoms with Crippen LogP contribution in [-0.4, -0.2) is 83.4 Å². The van der Waals surface area contributed by atoms with Crippen LogP contribution in [-0.2, 0) is 4.79 Å². The average molecular weight is 683 g/mol. The minimum absolute atomic E-state index is 0.0643. The highest BCUT2D eigenvalue weighted by molar-refractivity contribution is 5.97. The van der Waals surface area contributed by atoms with Gasteiger partial charge in [0.05, 0.1) is 12.7 Å². The molecule has 4 N–H and O–H groups in total. The van der Waals surface area contributed by atoms with Gasteiger partial charge in [0.25, 0.3) is 5.91 Å². The topological polar surface area (TPSA) is 143 Å². The van der Waals surface area contributed by atoms with E-state index >= 15 is 0 Å². The number of alkyl halides is 3. The SMILES string of the molecule is CCC1NC(C(=O)O)CC12CCN(c1cc(O[C@H](c3ccc(-c4ccc(C(=O)N5CCCC5)c(OC)c4)cc3)C(F)(F)F)nc(N)n1)CC2. The zero-order valence-corrected chi connectivity index (χ0v) is 27.5. The summed E-state index contributed by atoms with van der Waals surface area (Å²) in [6.45, 7) is 4.49. The molecule has 3 fully saturated rings. The Kier molecular flexibility index (Phi) is 9.61. The largest absolute Gasteiger partial charge is 0.496 e. The van der Waals surface area contributed by atoms with Crippen molar-refractivity contribution in [1.82, 2.24) is 20.2 Å². The molecule has 14 heteroatoms. The Morgan fingerprint density at radius 3 is 2.33 bits per heavy atom. The summed E-state index contributed by atoms with van der Waals surface area (Å²) in [5.41, 5.74) is 7.40. The van der Waals surface area contributed by atoms with Gasteiger partial charge >= 0.3 is 12.1 Å². The number of piperidine rings is 1. The maximum atomic E-state index is 14.4. The lowest BCUT2D eigenvalue weighted by Crippen LogP contribution is -2.46. The fourth-order valence-corrected chi connectivity index (χ4v) is 7.56. The number of anilines is 2. The molecule has 0 radical (unpaired) electrons. The van der Waals surface area contributed by atoms with Crippen molar-refractivity contribution in [2.24, 2.45) is 5.41 Å². The van der Waals surface area contributed by atoms with Gasteiger partial charge in [0.15, 0.2) is 0 Å². The number of aromatic nitrogens is 2. The van der Waals surface area contributed by atoms with Gasteiger partial charge in [-0.15, -0.1) is 0 Å². The Labute approximate surface area is 282 Å². The molecule has 3 aromatic rings. The number of methoxy groups -OCH3 is 1. The molecule has 3 aliphatic rings. The summed E-state index contributed by atoms with van der Waals surface area (Å²) in [7, 11) is 1.48. The van der Waals surface area contributed by atoms with Crippen molar-refractivity contribution in [3.63, 3.8) is 0 Å². The average Bonchev–Trinajstić information content (AvgIpc) is 3.75. The second-order valence-electron chi connectivity index (χ2n) is 13.1. The summed E-state index contributed by atoms with van der Waals surface area (Å²) in [5, 5.41) is 12.8. The van der Waals surface area contributed by atoms with E-state index in [1.807, 2.05) is 11.8 Å². The van der Waals surface area contributed by atoms with E-state index in [-0.39, 0.29) is 34.8 Å². The van der Waals surface area contributed by atoms with Crippen molar-refractivity contribution >= 4 is 23.6 Å². The number of rotatable bonds is 9. The van der Waals surface area contributed by atoms with Crippen LogP contribution in [0.25, 0.3) is 11.1 Å². The lowest BCUT2D eigenvalue weighted by molar-refractivity contribution is -0.198. The standard InChI is InChI=1S/C35H41F3N6O5/c1-3-27-34(20-25(40-27)32(46)47)12-16-43(17-13-34)28-19-29(42-33(39)41-28)49-30(35(36,37)38)22-8-6-21(7-9-22)23-10-11-24(26(18-23)48-2)31(45)44-14-4-5-15-44/h6-11,18-19,25,27,30,40H,3-5,12-17,20H2,1-2H3,(H,46,47)(H2,39,41,42)/t25?,27?,30-/m1/s1. The summed E-state index contributed by atoms with van der Waals surface area (Å²) < 4.78 is 54.3. The highest BCUT2D eigenvalue weighted by Crippen LogP contribution is 2.46. The van der Waals surface area contributed by atoms with Crippen LogP contribution in [0.2, 0.25) is 0 Å². The molecule has 3 aliphatic heterocycles. The van der Waals surface area contributed by atoms with Gasteiger partial charge in [-0.25, -0.2) is 0 Å².